The molecule has 0 radical (unpaired) electrons. The quantitative estimate of drug-likeness (QED) is 0.904. The number of nitrogens with one attached hydrogen (secondary N) is 2. The van der Waals surface area contributed by atoms with Gasteiger partial charge < -0.3 is 15.4 Å². The average Bonchev–Trinajstić information content (AvgIpc) is 2.58. The minimum atomic E-state index is -4.91. The number of benzene rings is 2. The molecule has 0 unspecified atom stereocenters. The molecule has 0 fully saturated rings. The first kappa shape index (κ1) is 16.2. The third kappa shape index (κ3) is 3.45. The summed E-state index contributed by atoms with van der Waals surface area (Å²) in [6, 6.07) is 15.8. The summed E-state index contributed by atoms with van der Waals surface area (Å²) >= 11 is 0. The van der Waals surface area contributed by atoms with E-state index in [0.29, 0.717) is 11.4 Å². The highest BCUT2D eigenvalue weighted by molar-refractivity contribution is 5.81. The highest BCUT2D eigenvalue weighted by Crippen LogP contribution is 2.37. The fourth-order valence-electron chi connectivity index (χ4n) is 2.59. The number of hydrogen-bond donors (Lipinski definition) is 2. The van der Waals surface area contributed by atoms with E-state index in [1.807, 2.05) is 41.7 Å². The molecular formula is C17H15F3N2O2. The van der Waals surface area contributed by atoms with Crippen LogP contribution in [0.3, 0.4) is 0 Å². The number of alkyl halides is 3. The lowest BCUT2D eigenvalue weighted by Gasteiger charge is -2.35. The number of rotatable bonds is 3. The van der Waals surface area contributed by atoms with Gasteiger partial charge >= 0.3 is 12.1 Å². The number of ether oxygens (including phenoxy) is 1. The summed E-state index contributed by atoms with van der Waals surface area (Å²) in [6.45, 7) is -0.216. The summed E-state index contributed by atoms with van der Waals surface area (Å²) in [5, 5.41) is 5.06. The molecule has 0 spiro atoms. The van der Waals surface area contributed by atoms with E-state index in [9.17, 15) is 18.0 Å². The first-order chi connectivity index (χ1) is 11.4. The van der Waals surface area contributed by atoms with Gasteiger partial charge in [0.1, 0.15) is 11.9 Å². The molecule has 1 amide bonds. The molecule has 1 heterocycles. The Bertz CT molecular complexity index is 719. The van der Waals surface area contributed by atoms with Crippen molar-refractivity contribution in [3.05, 3.63) is 60.2 Å². The predicted octanol–water partition coefficient (Wildman–Crippen LogP) is 3.28. The molecule has 2 aromatic carbocycles. The summed E-state index contributed by atoms with van der Waals surface area (Å²) in [5.41, 5.74) is 1.49. The number of fused-ring (bicyclic) bond motifs is 1. The van der Waals surface area contributed by atoms with Crippen LogP contribution in [0.25, 0.3) is 0 Å². The summed E-state index contributed by atoms with van der Waals surface area (Å²) in [6.07, 6.45) is -5.43. The fraction of sp³-hybridized carbons (Fsp3) is 0.235. The van der Waals surface area contributed by atoms with Crippen LogP contribution in [-0.2, 0) is 4.79 Å². The number of hydrogen-bond acceptors (Lipinski definition) is 3. The van der Waals surface area contributed by atoms with E-state index in [2.05, 4.69) is 5.32 Å². The Morgan fingerprint density at radius 2 is 1.75 bits per heavy atom. The van der Waals surface area contributed by atoms with Gasteiger partial charge in [0.25, 0.3) is 0 Å². The van der Waals surface area contributed by atoms with Crippen LogP contribution in [0.5, 0.6) is 5.75 Å². The Morgan fingerprint density at radius 1 is 1.08 bits per heavy atom. The molecule has 3 rings (SSSR count). The minimum absolute atomic E-state index is 0.216. The van der Waals surface area contributed by atoms with E-state index in [4.69, 9.17) is 4.74 Å². The zero-order valence-corrected chi connectivity index (χ0v) is 12.5. The average molecular weight is 336 g/mol. The first-order valence-corrected chi connectivity index (χ1v) is 7.37. The van der Waals surface area contributed by atoms with Gasteiger partial charge in [-0.05, 0) is 17.7 Å². The second-order valence-corrected chi connectivity index (χ2v) is 5.40. The SMILES string of the molecule is O=C(NC[C@H]1Nc2ccccc2O[C@@H]1c1ccccc1)C(F)(F)F. The van der Waals surface area contributed by atoms with Gasteiger partial charge in [-0.3, -0.25) is 4.79 Å². The Labute approximate surface area is 136 Å². The van der Waals surface area contributed by atoms with Gasteiger partial charge in [0.15, 0.2) is 0 Å². The Kier molecular flexibility index (Phi) is 4.33. The van der Waals surface area contributed by atoms with Gasteiger partial charge in [-0.25, -0.2) is 0 Å². The number of para-hydroxylation sites is 2. The number of anilines is 1. The lowest BCUT2D eigenvalue weighted by atomic mass is 9.99. The van der Waals surface area contributed by atoms with Gasteiger partial charge in [0.05, 0.1) is 11.7 Å². The van der Waals surface area contributed by atoms with Crippen molar-refractivity contribution in [3.63, 3.8) is 0 Å². The van der Waals surface area contributed by atoms with Crippen LogP contribution in [0.15, 0.2) is 54.6 Å². The predicted molar refractivity (Wildman–Crippen MR) is 82.7 cm³/mol. The molecule has 2 N–H and O–H groups in total. The maximum absolute atomic E-state index is 12.4. The normalized spacial score (nSPS) is 19.6. The molecule has 0 saturated heterocycles. The van der Waals surface area contributed by atoms with E-state index in [1.54, 1.807) is 18.2 Å². The molecule has 0 aromatic heterocycles. The lowest BCUT2D eigenvalue weighted by molar-refractivity contribution is -0.173. The van der Waals surface area contributed by atoms with Crippen LogP contribution in [-0.4, -0.2) is 24.7 Å². The van der Waals surface area contributed by atoms with Crippen molar-refractivity contribution in [1.82, 2.24) is 5.32 Å². The van der Waals surface area contributed by atoms with Crippen LogP contribution in [0.2, 0.25) is 0 Å². The smallest absolute Gasteiger partial charge is 0.471 e. The second kappa shape index (κ2) is 6.43. The van der Waals surface area contributed by atoms with E-state index in [1.165, 1.54) is 0 Å². The molecule has 2 aromatic rings. The topological polar surface area (TPSA) is 50.4 Å². The van der Waals surface area contributed by atoms with E-state index < -0.39 is 24.2 Å². The van der Waals surface area contributed by atoms with Crippen LogP contribution < -0.4 is 15.4 Å². The molecule has 7 heteroatoms. The lowest BCUT2D eigenvalue weighted by Crippen LogP contribution is -2.47. The van der Waals surface area contributed by atoms with Crippen molar-refractivity contribution in [2.24, 2.45) is 0 Å². The highest BCUT2D eigenvalue weighted by Gasteiger charge is 2.40. The van der Waals surface area contributed by atoms with Gasteiger partial charge in [-0.2, -0.15) is 13.2 Å². The van der Waals surface area contributed by atoms with Crippen molar-refractivity contribution in [2.45, 2.75) is 18.3 Å². The van der Waals surface area contributed by atoms with Crippen LogP contribution in [0, 0.1) is 0 Å². The third-order valence-corrected chi connectivity index (χ3v) is 3.72. The molecule has 0 bridgehead atoms. The van der Waals surface area contributed by atoms with E-state index in [0.717, 1.165) is 5.56 Å². The molecule has 0 saturated carbocycles. The summed E-state index contributed by atoms with van der Waals surface area (Å²) in [7, 11) is 0. The summed E-state index contributed by atoms with van der Waals surface area (Å²) in [4.78, 5) is 11.1. The van der Waals surface area contributed by atoms with Gasteiger partial charge in [-0.15, -0.1) is 0 Å². The van der Waals surface area contributed by atoms with Crippen molar-refractivity contribution < 1.29 is 22.7 Å². The number of carbonyl (C=O) groups is 1. The fourth-order valence-corrected chi connectivity index (χ4v) is 2.59. The van der Waals surface area contributed by atoms with Gasteiger partial charge in [-0.1, -0.05) is 42.5 Å². The van der Waals surface area contributed by atoms with E-state index in [-0.39, 0.29) is 6.54 Å². The molecule has 2 atom stereocenters. The van der Waals surface area contributed by atoms with Crippen LogP contribution >= 0.6 is 0 Å². The Morgan fingerprint density at radius 3 is 2.46 bits per heavy atom. The minimum Gasteiger partial charge on any atom is -0.481 e. The summed E-state index contributed by atoms with van der Waals surface area (Å²) < 4.78 is 43.1. The molecule has 1 aliphatic rings. The molecule has 24 heavy (non-hydrogen) atoms. The zero-order valence-electron chi connectivity index (χ0n) is 12.5. The van der Waals surface area contributed by atoms with Gasteiger partial charge in [0, 0.05) is 6.54 Å². The number of carbonyl (C=O) groups excluding carboxylic acids is 1. The number of amides is 1. The molecule has 126 valence electrons. The maximum Gasteiger partial charge on any atom is 0.471 e. The monoisotopic (exact) mass is 336 g/mol. The second-order valence-electron chi connectivity index (χ2n) is 5.40. The Hall–Kier alpha value is -2.70. The first-order valence-electron chi connectivity index (χ1n) is 7.37. The Balaban J connectivity index is 1.82. The molecule has 4 nitrogen and oxygen atoms in total. The standard InChI is InChI=1S/C17H15F3N2O2/c18-17(19,20)16(23)21-10-13-15(11-6-2-1-3-7-11)24-14-9-5-4-8-12(14)22-13/h1-9,13,15,22H,10H2,(H,21,23)/t13-,15-/m1/s1. The van der Waals surface area contributed by atoms with E-state index >= 15 is 0 Å². The third-order valence-electron chi connectivity index (χ3n) is 3.72. The van der Waals surface area contributed by atoms with Gasteiger partial charge in [0.2, 0.25) is 0 Å². The number of halogens is 3. The highest BCUT2D eigenvalue weighted by atomic mass is 19.4. The van der Waals surface area contributed by atoms with Crippen molar-refractivity contribution in [3.8, 4) is 5.75 Å². The van der Waals surface area contributed by atoms with Crippen molar-refractivity contribution >= 4 is 11.6 Å². The van der Waals surface area contributed by atoms with Crippen LogP contribution in [0.1, 0.15) is 11.7 Å². The summed E-state index contributed by atoms with van der Waals surface area (Å²) in [5.74, 6) is -1.35. The van der Waals surface area contributed by atoms with Crippen molar-refractivity contribution in [1.29, 1.82) is 0 Å². The molecule has 0 aliphatic carbocycles. The largest absolute Gasteiger partial charge is 0.481 e. The molecule has 1 aliphatic heterocycles. The molecular weight excluding hydrogens is 321 g/mol. The van der Waals surface area contributed by atoms with Crippen LogP contribution in [0.4, 0.5) is 18.9 Å². The maximum atomic E-state index is 12.4. The van der Waals surface area contributed by atoms with Crippen molar-refractivity contribution in [2.75, 3.05) is 11.9 Å². The zero-order chi connectivity index (χ0) is 17.2.